The number of ether oxygens (including phenoxy) is 1. The van der Waals surface area contributed by atoms with E-state index in [4.69, 9.17) is 9.15 Å². The summed E-state index contributed by atoms with van der Waals surface area (Å²) in [4.78, 5) is 7.35. The lowest BCUT2D eigenvalue weighted by atomic mass is 9.64. The Kier molecular flexibility index (Phi) is 11.3. The zero-order valence-corrected chi connectivity index (χ0v) is 49.4. The summed E-state index contributed by atoms with van der Waals surface area (Å²) in [6.07, 6.45) is 0. The third-order valence-corrected chi connectivity index (χ3v) is 17.7. The quantitative estimate of drug-likeness (QED) is 0.166. The van der Waals surface area contributed by atoms with Crippen LogP contribution in [0.1, 0.15) is 128 Å². The first kappa shape index (κ1) is 51.4. The highest BCUT2D eigenvalue weighted by atomic mass is 16.5. The van der Waals surface area contributed by atoms with Gasteiger partial charge in [-0.3, -0.25) is 0 Å². The highest BCUT2D eigenvalue weighted by Gasteiger charge is 2.55. The number of anilines is 9. The predicted octanol–water partition coefficient (Wildman–Crippen LogP) is 22.0. The summed E-state index contributed by atoms with van der Waals surface area (Å²) in [5, 5.41) is 2.17. The molecule has 10 aromatic carbocycles. The molecule has 1 aliphatic carbocycles. The molecule has 0 fully saturated rings. The number of hydrogen-bond donors (Lipinski definition) is 0. The summed E-state index contributed by atoms with van der Waals surface area (Å²) in [7, 11) is 0. The van der Waals surface area contributed by atoms with E-state index in [1.54, 1.807) is 0 Å². The van der Waals surface area contributed by atoms with Crippen LogP contribution < -0.4 is 19.4 Å². The van der Waals surface area contributed by atoms with Crippen LogP contribution >= 0.6 is 0 Å². The minimum Gasteiger partial charge on any atom is -0.454 e. The van der Waals surface area contributed by atoms with Crippen molar-refractivity contribution >= 4 is 73.1 Å². The molecule has 11 aromatic rings. The average molecular weight is 1070 g/mol. The van der Waals surface area contributed by atoms with Crippen LogP contribution in [0.5, 0.6) is 11.5 Å². The standard InChI is InChI=1S/C77H71N3O2/c1-73(2,3)48-28-36-52(37-29-48)78(53-38-30-49(31-39-53)74(4,5)6)56-44-45-57-61(46-56)77(59-21-14-15-23-63(59)80-64-24-16-18-26-67(64)81-68-27-19-22-60(77)71(68)80)62-47-65(72-70(69(57)62)58-20-13-17-25-66(58)82-72)79(54-40-32-50(33-41-54)75(7,8)9)55-42-34-51(35-43-55)76(10,11)12/h13-47H,1-12H3. The molecule has 0 N–H and O–H groups in total. The van der Waals surface area contributed by atoms with E-state index >= 15 is 0 Å². The van der Waals surface area contributed by atoms with Gasteiger partial charge in [0.1, 0.15) is 5.58 Å². The van der Waals surface area contributed by atoms with Crippen molar-refractivity contribution in [1.29, 1.82) is 0 Å². The summed E-state index contributed by atoms with van der Waals surface area (Å²) < 4.78 is 14.4. The van der Waals surface area contributed by atoms with Crippen LogP contribution in [-0.2, 0) is 27.1 Å². The lowest BCUT2D eigenvalue weighted by Crippen LogP contribution is -2.37. The molecule has 1 spiro atoms. The fraction of sp³-hybridized carbons (Fsp3) is 0.221. The second-order valence-corrected chi connectivity index (χ2v) is 27.0. The van der Waals surface area contributed by atoms with E-state index < -0.39 is 5.41 Å². The molecule has 3 heterocycles. The van der Waals surface area contributed by atoms with Crippen molar-refractivity contribution in [2.24, 2.45) is 0 Å². The zero-order chi connectivity index (χ0) is 56.8. The smallest absolute Gasteiger partial charge is 0.160 e. The molecule has 0 saturated carbocycles. The zero-order valence-electron chi connectivity index (χ0n) is 49.4. The molecule has 82 heavy (non-hydrogen) atoms. The lowest BCUT2D eigenvalue weighted by molar-refractivity contribution is 0.473. The molecule has 5 heteroatoms. The number of fused-ring (bicyclic) bond motifs is 15. The van der Waals surface area contributed by atoms with E-state index in [2.05, 4.69) is 310 Å². The van der Waals surface area contributed by atoms with Crippen LogP contribution in [0.4, 0.5) is 51.2 Å². The van der Waals surface area contributed by atoms with Crippen LogP contribution in [0, 0.1) is 0 Å². The Morgan fingerprint density at radius 1 is 0.378 bits per heavy atom. The van der Waals surface area contributed by atoms with Crippen molar-refractivity contribution in [3.8, 4) is 22.6 Å². The molecule has 0 saturated heterocycles. The fourth-order valence-corrected chi connectivity index (χ4v) is 13.4. The third kappa shape index (κ3) is 7.87. The topological polar surface area (TPSA) is 32.1 Å². The monoisotopic (exact) mass is 1070 g/mol. The minimum atomic E-state index is -0.883. The molecule has 406 valence electrons. The number of nitrogens with zero attached hydrogens (tertiary/aromatic N) is 3. The minimum absolute atomic E-state index is 0.00642. The molecule has 0 amide bonds. The van der Waals surface area contributed by atoms with E-state index in [0.717, 1.165) is 90.2 Å². The van der Waals surface area contributed by atoms with Crippen LogP contribution in [-0.4, -0.2) is 0 Å². The Morgan fingerprint density at radius 2 is 0.841 bits per heavy atom. The van der Waals surface area contributed by atoms with Gasteiger partial charge in [0.15, 0.2) is 17.1 Å². The lowest BCUT2D eigenvalue weighted by Gasteiger charge is -2.47. The molecule has 14 rings (SSSR count). The van der Waals surface area contributed by atoms with Crippen molar-refractivity contribution in [3.63, 3.8) is 0 Å². The highest BCUT2D eigenvalue weighted by molar-refractivity contribution is 6.20. The molecule has 3 aliphatic rings. The van der Waals surface area contributed by atoms with Crippen molar-refractivity contribution in [1.82, 2.24) is 0 Å². The van der Waals surface area contributed by atoms with Gasteiger partial charge in [-0.1, -0.05) is 198 Å². The van der Waals surface area contributed by atoms with Gasteiger partial charge < -0.3 is 23.9 Å². The Hall–Kier alpha value is -8.80. The Labute approximate surface area is 484 Å². The normalized spacial score (nSPS) is 15.2. The predicted molar refractivity (Wildman–Crippen MR) is 344 cm³/mol. The van der Waals surface area contributed by atoms with Gasteiger partial charge in [0.05, 0.1) is 28.2 Å². The summed E-state index contributed by atoms with van der Waals surface area (Å²) in [5.74, 6) is 1.66. The second-order valence-electron chi connectivity index (χ2n) is 27.0. The van der Waals surface area contributed by atoms with Gasteiger partial charge in [-0.2, -0.15) is 0 Å². The first-order valence-electron chi connectivity index (χ1n) is 29.2. The summed E-state index contributed by atoms with van der Waals surface area (Å²) in [6.45, 7) is 27.4. The van der Waals surface area contributed by atoms with E-state index in [0.29, 0.717) is 0 Å². The van der Waals surface area contributed by atoms with Gasteiger partial charge >= 0.3 is 0 Å². The number of benzene rings is 10. The molecular weight excluding hydrogens is 999 g/mol. The Morgan fingerprint density at radius 3 is 1.40 bits per heavy atom. The Balaban J connectivity index is 1.12. The SMILES string of the molecule is CC(C)(C)c1ccc(N(c2ccc(C(C)(C)C)cc2)c2ccc3c(c2)C2(c4ccccc4N4c5ccccc5Oc5cccc2c54)c2cc(N(c4ccc(C(C)(C)C)cc4)c4ccc(C(C)(C)C)cc4)c4oc5ccccc5c4c2-3)cc1. The van der Waals surface area contributed by atoms with E-state index in [1.165, 1.54) is 50.1 Å². The molecule has 1 atom stereocenters. The van der Waals surface area contributed by atoms with Gasteiger partial charge in [0.2, 0.25) is 0 Å². The van der Waals surface area contributed by atoms with Crippen molar-refractivity contribution in [2.75, 3.05) is 14.7 Å². The fourth-order valence-electron chi connectivity index (χ4n) is 13.4. The average Bonchev–Trinajstić information content (AvgIpc) is 2.00. The van der Waals surface area contributed by atoms with Crippen LogP contribution in [0.15, 0.2) is 217 Å². The van der Waals surface area contributed by atoms with Crippen LogP contribution in [0.25, 0.3) is 33.1 Å². The first-order valence-corrected chi connectivity index (χ1v) is 29.2. The largest absolute Gasteiger partial charge is 0.454 e. The molecule has 1 unspecified atom stereocenters. The van der Waals surface area contributed by atoms with Gasteiger partial charge in [-0.25, -0.2) is 0 Å². The number of para-hydroxylation sites is 5. The maximum absolute atomic E-state index is 7.39. The van der Waals surface area contributed by atoms with Crippen molar-refractivity contribution < 1.29 is 9.15 Å². The molecule has 5 nitrogen and oxygen atoms in total. The van der Waals surface area contributed by atoms with E-state index in [9.17, 15) is 0 Å². The van der Waals surface area contributed by atoms with Gasteiger partial charge in [-0.15, -0.1) is 0 Å². The second kappa shape index (κ2) is 18.1. The van der Waals surface area contributed by atoms with Crippen molar-refractivity contribution in [2.45, 2.75) is 110 Å². The number of rotatable bonds is 6. The maximum atomic E-state index is 7.39. The van der Waals surface area contributed by atoms with Crippen molar-refractivity contribution in [3.05, 3.63) is 257 Å². The van der Waals surface area contributed by atoms with Gasteiger partial charge in [0.25, 0.3) is 0 Å². The highest BCUT2D eigenvalue weighted by Crippen LogP contribution is 2.69. The first-order chi connectivity index (χ1) is 39.2. The molecule has 1 aromatic heterocycles. The molecule has 0 bridgehead atoms. The number of hydrogen-bond acceptors (Lipinski definition) is 5. The summed E-state index contributed by atoms with van der Waals surface area (Å²) in [6, 6.07) is 79.5. The van der Waals surface area contributed by atoms with E-state index in [-0.39, 0.29) is 21.7 Å². The third-order valence-electron chi connectivity index (χ3n) is 17.7. The Bertz CT molecular complexity index is 4210. The van der Waals surface area contributed by atoms with E-state index in [1.807, 2.05) is 0 Å². The molecule has 0 radical (unpaired) electrons. The molecular formula is C77H71N3O2. The maximum Gasteiger partial charge on any atom is 0.160 e. The number of furan rings is 1. The summed E-state index contributed by atoms with van der Waals surface area (Å²) in [5.41, 5.74) is 22.4. The van der Waals surface area contributed by atoms with Gasteiger partial charge in [0, 0.05) is 39.2 Å². The summed E-state index contributed by atoms with van der Waals surface area (Å²) >= 11 is 0. The van der Waals surface area contributed by atoms with Crippen LogP contribution in [0.3, 0.4) is 0 Å². The van der Waals surface area contributed by atoms with Gasteiger partial charge in [-0.05, 0) is 174 Å². The molecule has 2 aliphatic heterocycles. The van der Waals surface area contributed by atoms with Crippen LogP contribution in [0.2, 0.25) is 0 Å².